The Morgan fingerprint density at radius 1 is 1.37 bits per heavy atom. The number of rotatable bonds is 7. The van der Waals surface area contributed by atoms with Crippen molar-refractivity contribution in [1.82, 2.24) is 4.98 Å². The number of carbonyl (C=O) groups is 1. The van der Waals surface area contributed by atoms with E-state index in [4.69, 9.17) is 5.73 Å². The number of thiophene rings is 1. The SMILES string of the molecule is NCC(C(=O)Nc1cc2c(F)cncc2s1)c1ccc(CO[N+](=O)[O-])cc1. The number of fused-ring (bicyclic) bond motifs is 1. The summed E-state index contributed by atoms with van der Waals surface area (Å²) in [6.45, 7) is -0.106. The number of nitrogens with one attached hydrogen (secondary N) is 1. The Bertz CT molecular complexity index is 977. The van der Waals surface area contributed by atoms with Gasteiger partial charge in [0.2, 0.25) is 5.91 Å². The van der Waals surface area contributed by atoms with Crippen LogP contribution in [0.5, 0.6) is 0 Å². The van der Waals surface area contributed by atoms with E-state index in [0.29, 0.717) is 26.2 Å². The van der Waals surface area contributed by atoms with Gasteiger partial charge in [0, 0.05) is 18.1 Å². The molecular weight excluding hydrogens is 375 g/mol. The Hall–Kier alpha value is -3.11. The maximum absolute atomic E-state index is 13.7. The van der Waals surface area contributed by atoms with Crippen molar-refractivity contribution in [3.8, 4) is 0 Å². The Morgan fingerprint density at radius 2 is 2.11 bits per heavy atom. The normalized spacial score (nSPS) is 11.9. The van der Waals surface area contributed by atoms with E-state index in [0.717, 1.165) is 6.20 Å². The van der Waals surface area contributed by atoms with Crippen molar-refractivity contribution >= 4 is 32.3 Å². The number of nitrogens with zero attached hydrogens (tertiary/aromatic N) is 2. The second-order valence-electron chi connectivity index (χ2n) is 5.66. The molecule has 1 aromatic carbocycles. The van der Waals surface area contributed by atoms with E-state index in [1.54, 1.807) is 30.3 Å². The van der Waals surface area contributed by atoms with Gasteiger partial charge in [0.15, 0.2) is 0 Å². The van der Waals surface area contributed by atoms with Crippen LogP contribution in [0.2, 0.25) is 0 Å². The van der Waals surface area contributed by atoms with Gasteiger partial charge in [-0.2, -0.15) is 0 Å². The van der Waals surface area contributed by atoms with Gasteiger partial charge >= 0.3 is 0 Å². The Balaban J connectivity index is 1.73. The molecule has 0 spiro atoms. The lowest BCUT2D eigenvalue weighted by atomic mass is 9.97. The van der Waals surface area contributed by atoms with Crippen LogP contribution in [0, 0.1) is 15.9 Å². The third-order valence-corrected chi connectivity index (χ3v) is 4.90. The number of hydrogen-bond acceptors (Lipinski definition) is 7. The van der Waals surface area contributed by atoms with Crippen LogP contribution in [-0.2, 0) is 16.2 Å². The largest absolute Gasteiger partial charge is 0.329 e. The average Bonchev–Trinajstić information content (AvgIpc) is 3.05. The predicted molar refractivity (Wildman–Crippen MR) is 98.2 cm³/mol. The van der Waals surface area contributed by atoms with Crippen molar-refractivity contribution in [1.29, 1.82) is 0 Å². The molecule has 10 heteroatoms. The fourth-order valence-electron chi connectivity index (χ4n) is 2.57. The molecule has 0 aliphatic rings. The second kappa shape index (κ2) is 8.06. The summed E-state index contributed by atoms with van der Waals surface area (Å²) in [7, 11) is 0. The molecule has 0 fully saturated rings. The molecule has 1 unspecified atom stereocenters. The Kier molecular flexibility index (Phi) is 5.57. The standard InChI is InChI=1S/C17H15FN4O4S/c18-14-7-20-8-15-12(14)5-16(27-15)21-17(23)13(6-19)11-3-1-10(2-4-11)9-26-22(24)25/h1-5,7-8,13H,6,9,19H2,(H,21,23). The van der Waals surface area contributed by atoms with E-state index in [1.165, 1.54) is 17.5 Å². The van der Waals surface area contributed by atoms with Crippen LogP contribution in [0.25, 0.3) is 10.1 Å². The van der Waals surface area contributed by atoms with Gasteiger partial charge in [-0.1, -0.05) is 24.3 Å². The average molecular weight is 390 g/mol. The van der Waals surface area contributed by atoms with Crippen LogP contribution in [0.15, 0.2) is 42.7 Å². The molecule has 0 aliphatic heterocycles. The zero-order valence-corrected chi connectivity index (χ0v) is 14.7. The topological polar surface area (TPSA) is 120 Å². The van der Waals surface area contributed by atoms with Crippen LogP contribution in [-0.4, -0.2) is 22.5 Å². The van der Waals surface area contributed by atoms with Crippen molar-refractivity contribution in [2.24, 2.45) is 5.73 Å². The van der Waals surface area contributed by atoms with E-state index in [1.807, 2.05) is 0 Å². The molecule has 0 radical (unpaired) electrons. The number of halogens is 1. The lowest BCUT2D eigenvalue weighted by Gasteiger charge is -2.15. The van der Waals surface area contributed by atoms with Crippen LogP contribution >= 0.6 is 11.3 Å². The van der Waals surface area contributed by atoms with Crippen molar-refractivity contribution in [3.05, 3.63) is 69.8 Å². The van der Waals surface area contributed by atoms with Gasteiger partial charge < -0.3 is 15.9 Å². The quantitative estimate of drug-likeness (QED) is 0.473. The molecule has 0 saturated heterocycles. The number of pyridine rings is 1. The number of nitrogens with two attached hydrogens (primary N) is 1. The maximum atomic E-state index is 13.7. The fraction of sp³-hybridized carbons (Fsp3) is 0.176. The number of amides is 1. The van der Waals surface area contributed by atoms with E-state index < -0.39 is 16.8 Å². The van der Waals surface area contributed by atoms with Gasteiger partial charge in [0.05, 0.1) is 21.8 Å². The van der Waals surface area contributed by atoms with Gasteiger partial charge in [-0.15, -0.1) is 21.5 Å². The first kappa shape index (κ1) is 18.7. The first-order valence-electron chi connectivity index (χ1n) is 7.88. The lowest BCUT2D eigenvalue weighted by Crippen LogP contribution is -2.27. The summed E-state index contributed by atoms with van der Waals surface area (Å²) in [6, 6.07) is 8.17. The van der Waals surface area contributed by atoms with E-state index in [2.05, 4.69) is 15.1 Å². The number of hydrogen-bond donors (Lipinski definition) is 2. The Morgan fingerprint density at radius 3 is 2.74 bits per heavy atom. The summed E-state index contributed by atoms with van der Waals surface area (Å²) in [5, 5.41) is 13.0. The first-order chi connectivity index (χ1) is 13.0. The number of aromatic nitrogens is 1. The third kappa shape index (κ3) is 4.36. The number of benzene rings is 1. The minimum absolute atomic E-state index is 0.0669. The van der Waals surface area contributed by atoms with Crippen molar-refractivity contribution in [2.45, 2.75) is 12.5 Å². The molecule has 140 valence electrons. The molecule has 8 nitrogen and oxygen atoms in total. The molecule has 2 aromatic heterocycles. The van der Waals surface area contributed by atoms with Crippen molar-refractivity contribution < 1.29 is 19.1 Å². The second-order valence-corrected chi connectivity index (χ2v) is 6.74. The predicted octanol–water partition coefficient (Wildman–Crippen LogP) is 2.82. The first-order valence-corrected chi connectivity index (χ1v) is 8.69. The molecule has 0 saturated carbocycles. The minimum Gasteiger partial charge on any atom is -0.329 e. The van der Waals surface area contributed by atoms with E-state index in [-0.39, 0.29) is 19.1 Å². The molecule has 2 heterocycles. The van der Waals surface area contributed by atoms with Gasteiger partial charge in [-0.05, 0) is 17.2 Å². The van der Waals surface area contributed by atoms with Crippen molar-refractivity contribution in [2.75, 3.05) is 11.9 Å². The molecular formula is C17H15FN4O4S. The summed E-state index contributed by atoms with van der Waals surface area (Å²) < 4.78 is 14.4. The summed E-state index contributed by atoms with van der Waals surface area (Å²) in [5.74, 6) is -1.40. The zero-order valence-electron chi connectivity index (χ0n) is 13.9. The summed E-state index contributed by atoms with van der Waals surface area (Å²) in [6.07, 6.45) is 2.65. The van der Waals surface area contributed by atoms with Gasteiger partial charge in [-0.3, -0.25) is 9.78 Å². The third-order valence-electron chi connectivity index (χ3n) is 3.92. The maximum Gasteiger partial charge on any atom is 0.294 e. The molecule has 3 aromatic rings. The lowest BCUT2D eigenvalue weighted by molar-refractivity contribution is -0.763. The number of carbonyl (C=O) groups excluding carboxylic acids is 1. The van der Waals surface area contributed by atoms with Crippen LogP contribution < -0.4 is 11.1 Å². The van der Waals surface area contributed by atoms with Crippen LogP contribution in [0.1, 0.15) is 17.0 Å². The van der Waals surface area contributed by atoms with E-state index >= 15 is 0 Å². The zero-order chi connectivity index (χ0) is 19.4. The van der Waals surface area contributed by atoms with Crippen molar-refractivity contribution in [3.63, 3.8) is 0 Å². The van der Waals surface area contributed by atoms with Gasteiger partial charge in [0.1, 0.15) is 12.4 Å². The highest BCUT2D eigenvalue weighted by molar-refractivity contribution is 7.22. The molecule has 1 amide bonds. The highest BCUT2D eigenvalue weighted by Gasteiger charge is 2.20. The summed E-state index contributed by atoms with van der Waals surface area (Å²) >= 11 is 1.22. The highest BCUT2D eigenvalue weighted by atomic mass is 32.1. The smallest absolute Gasteiger partial charge is 0.294 e. The van der Waals surface area contributed by atoms with Crippen LogP contribution in [0.3, 0.4) is 0 Å². The van der Waals surface area contributed by atoms with Gasteiger partial charge in [-0.25, -0.2) is 4.39 Å². The molecule has 0 aliphatic carbocycles. The van der Waals surface area contributed by atoms with E-state index in [9.17, 15) is 19.3 Å². The monoisotopic (exact) mass is 390 g/mol. The summed E-state index contributed by atoms with van der Waals surface area (Å²) in [5.41, 5.74) is 7.01. The molecule has 1 atom stereocenters. The van der Waals surface area contributed by atoms with Gasteiger partial charge in [0.25, 0.3) is 5.09 Å². The fourth-order valence-corrected chi connectivity index (χ4v) is 3.51. The van der Waals surface area contributed by atoms with Crippen LogP contribution in [0.4, 0.5) is 9.39 Å². The Labute approximate surface area is 156 Å². The molecule has 0 bridgehead atoms. The number of anilines is 1. The summed E-state index contributed by atoms with van der Waals surface area (Å²) in [4.78, 5) is 30.9. The highest BCUT2D eigenvalue weighted by Crippen LogP contribution is 2.31. The molecule has 3 N–H and O–H groups in total. The minimum atomic E-state index is -0.868. The molecule has 27 heavy (non-hydrogen) atoms. The molecule has 3 rings (SSSR count).